The number of benzene rings is 2. The van der Waals surface area contributed by atoms with Crippen molar-refractivity contribution in [2.24, 2.45) is 7.05 Å². The number of imidazole rings is 1. The molecule has 0 radical (unpaired) electrons. The minimum absolute atomic E-state index is 0.203. The molecule has 0 unspecified atom stereocenters. The van der Waals surface area contributed by atoms with Crippen molar-refractivity contribution in [1.82, 2.24) is 19.2 Å². The van der Waals surface area contributed by atoms with Gasteiger partial charge in [0.15, 0.2) is 0 Å². The Labute approximate surface area is 202 Å². The molecule has 0 aliphatic carbocycles. The first-order chi connectivity index (χ1) is 16.2. The minimum Gasteiger partial charge on any atom is -0.299 e. The maximum atomic E-state index is 13.1. The fraction of sp³-hybridized carbons (Fsp3) is 0.120. The Morgan fingerprint density at radius 2 is 1.59 bits per heavy atom. The summed E-state index contributed by atoms with van der Waals surface area (Å²) in [6.45, 7) is 1.98. The Kier molecular flexibility index (Phi) is 5.42. The summed E-state index contributed by atoms with van der Waals surface area (Å²) in [7, 11) is -0.292. The van der Waals surface area contributed by atoms with Gasteiger partial charge in [0, 0.05) is 48.2 Å². The summed E-state index contributed by atoms with van der Waals surface area (Å²) in [5.41, 5.74) is 6.10. The average Bonchev–Trinajstić information content (AvgIpc) is 3.40. The van der Waals surface area contributed by atoms with E-state index in [1.54, 1.807) is 59.4 Å². The molecule has 0 spiro atoms. The van der Waals surface area contributed by atoms with Gasteiger partial charge >= 0.3 is 0 Å². The number of rotatable bonds is 5. The number of halogens is 1. The van der Waals surface area contributed by atoms with E-state index in [0.29, 0.717) is 10.7 Å². The van der Waals surface area contributed by atoms with Crippen LogP contribution in [0.25, 0.3) is 28.0 Å². The first-order valence-corrected chi connectivity index (χ1v) is 12.4. The zero-order chi connectivity index (χ0) is 24.0. The van der Waals surface area contributed by atoms with Crippen LogP contribution in [0.15, 0.2) is 84.1 Å². The highest BCUT2D eigenvalue weighted by Crippen LogP contribution is 2.29. The molecule has 0 amide bonds. The summed E-state index contributed by atoms with van der Waals surface area (Å²) >= 11 is 5.93. The molecule has 5 rings (SSSR count). The molecule has 0 N–H and O–H groups in total. The Morgan fingerprint density at radius 1 is 0.912 bits per heavy atom. The van der Waals surface area contributed by atoms with Crippen molar-refractivity contribution in [2.75, 3.05) is 11.4 Å². The van der Waals surface area contributed by atoms with E-state index < -0.39 is 10.0 Å². The highest BCUT2D eigenvalue weighted by Gasteiger charge is 2.21. The summed E-state index contributed by atoms with van der Waals surface area (Å²) < 4.78 is 31.3. The van der Waals surface area contributed by atoms with Crippen molar-refractivity contribution in [2.45, 2.75) is 11.8 Å². The summed E-state index contributed by atoms with van der Waals surface area (Å²) in [5.74, 6) is 0. The molecular weight excluding hydrogens is 470 g/mol. The third-order valence-corrected chi connectivity index (χ3v) is 7.88. The quantitative estimate of drug-likeness (QED) is 0.339. The lowest BCUT2D eigenvalue weighted by atomic mass is 10.1. The predicted molar refractivity (Wildman–Crippen MR) is 135 cm³/mol. The van der Waals surface area contributed by atoms with Gasteiger partial charge in [-0.05, 0) is 55.5 Å². The monoisotopic (exact) mass is 491 g/mol. The number of hydrogen-bond acceptors (Lipinski definition) is 4. The van der Waals surface area contributed by atoms with Crippen LogP contribution in [0.5, 0.6) is 0 Å². The van der Waals surface area contributed by atoms with Crippen molar-refractivity contribution in [3.8, 4) is 22.4 Å². The Hall–Kier alpha value is -3.62. The molecule has 0 saturated carbocycles. The van der Waals surface area contributed by atoms with Crippen LogP contribution in [0.4, 0.5) is 5.69 Å². The molecule has 0 fully saturated rings. The van der Waals surface area contributed by atoms with E-state index in [-0.39, 0.29) is 4.90 Å². The molecule has 7 nitrogen and oxygen atoms in total. The van der Waals surface area contributed by atoms with Crippen LogP contribution in [0.1, 0.15) is 5.69 Å². The lowest BCUT2D eigenvalue weighted by Gasteiger charge is -2.19. The van der Waals surface area contributed by atoms with E-state index in [1.165, 1.54) is 11.4 Å². The highest BCUT2D eigenvalue weighted by atomic mass is 35.5. The van der Waals surface area contributed by atoms with Gasteiger partial charge in [0.1, 0.15) is 5.65 Å². The van der Waals surface area contributed by atoms with Gasteiger partial charge in [-0.2, -0.15) is 5.10 Å². The average molecular weight is 492 g/mol. The topological polar surface area (TPSA) is 72.5 Å². The molecule has 172 valence electrons. The summed E-state index contributed by atoms with van der Waals surface area (Å²) in [4.78, 5) is 4.71. The lowest BCUT2D eigenvalue weighted by molar-refractivity contribution is 0.594. The molecule has 3 heterocycles. The maximum absolute atomic E-state index is 13.1. The number of anilines is 1. The standard InChI is InChI=1S/C25H22ClN5O2S/c1-17-23(16-29(2)28-17)19-6-13-25-27-14-24(31(25)15-19)18-4-11-22(12-5-18)34(32,33)30(3)21-9-7-20(26)8-10-21/h4-16H,1-3H3. The second-order valence-corrected chi connectivity index (χ2v) is 10.5. The highest BCUT2D eigenvalue weighted by molar-refractivity contribution is 7.92. The van der Waals surface area contributed by atoms with Gasteiger partial charge in [0.05, 0.1) is 28.2 Å². The Bertz CT molecular complexity index is 1600. The molecule has 34 heavy (non-hydrogen) atoms. The van der Waals surface area contributed by atoms with Crippen LogP contribution in [0.2, 0.25) is 5.02 Å². The third-order valence-electron chi connectivity index (χ3n) is 5.83. The molecule has 2 aromatic carbocycles. The van der Waals surface area contributed by atoms with E-state index in [4.69, 9.17) is 11.6 Å². The van der Waals surface area contributed by atoms with Gasteiger partial charge in [0.25, 0.3) is 10.0 Å². The Morgan fingerprint density at radius 3 is 2.24 bits per heavy atom. The molecule has 0 aliphatic rings. The molecule has 0 saturated heterocycles. The summed E-state index contributed by atoms with van der Waals surface area (Å²) in [5, 5.41) is 4.98. The van der Waals surface area contributed by atoms with Gasteiger partial charge in [0.2, 0.25) is 0 Å². The fourth-order valence-electron chi connectivity index (χ4n) is 3.98. The lowest BCUT2D eigenvalue weighted by Crippen LogP contribution is -2.26. The minimum atomic E-state index is -3.72. The van der Waals surface area contributed by atoms with Crippen molar-refractivity contribution in [3.05, 3.63) is 90.0 Å². The van der Waals surface area contributed by atoms with Crippen LogP contribution in [-0.2, 0) is 17.1 Å². The molecule has 3 aromatic heterocycles. The van der Waals surface area contributed by atoms with E-state index in [2.05, 4.69) is 10.1 Å². The van der Waals surface area contributed by atoms with Crippen molar-refractivity contribution in [1.29, 1.82) is 0 Å². The smallest absolute Gasteiger partial charge is 0.264 e. The number of hydrogen-bond donors (Lipinski definition) is 0. The van der Waals surface area contributed by atoms with Crippen molar-refractivity contribution >= 4 is 33.0 Å². The number of aryl methyl sites for hydroxylation is 2. The first kappa shape index (κ1) is 22.2. The largest absolute Gasteiger partial charge is 0.299 e. The maximum Gasteiger partial charge on any atom is 0.264 e. The van der Waals surface area contributed by atoms with Crippen molar-refractivity contribution in [3.63, 3.8) is 0 Å². The SMILES string of the molecule is Cc1nn(C)cc1-c1ccc2ncc(-c3ccc(S(=O)(=O)N(C)c4ccc(Cl)cc4)cc3)n2c1. The molecule has 9 heteroatoms. The second kappa shape index (κ2) is 8.30. The number of aromatic nitrogens is 4. The van der Waals surface area contributed by atoms with Gasteiger partial charge in [-0.15, -0.1) is 0 Å². The molecule has 0 aliphatic heterocycles. The summed E-state index contributed by atoms with van der Waals surface area (Å²) in [6, 6.07) is 17.5. The number of pyridine rings is 1. The zero-order valence-electron chi connectivity index (χ0n) is 18.8. The van der Waals surface area contributed by atoms with E-state index in [9.17, 15) is 8.42 Å². The predicted octanol–water partition coefficient (Wildman–Crippen LogP) is 5.19. The third kappa shape index (κ3) is 3.85. The van der Waals surface area contributed by atoms with Gasteiger partial charge in [-0.1, -0.05) is 23.7 Å². The zero-order valence-corrected chi connectivity index (χ0v) is 20.4. The number of fused-ring (bicyclic) bond motifs is 1. The molecule has 5 aromatic rings. The first-order valence-electron chi connectivity index (χ1n) is 10.6. The van der Waals surface area contributed by atoms with Gasteiger partial charge in [-0.3, -0.25) is 13.4 Å². The van der Waals surface area contributed by atoms with Crippen LogP contribution in [0.3, 0.4) is 0 Å². The van der Waals surface area contributed by atoms with E-state index in [1.807, 2.05) is 42.9 Å². The Balaban J connectivity index is 1.49. The van der Waals surface area contributed by atoms with E-state index >= 15 is 0 Å². The summed E-state index contributed by atoms with van der Waals surface area (Å²) in [6.07, 6.45) is 5.81. The molecule has 0 atom stereocenters. The van der Waals surface area contributed by atoms with Crippen LogP contribution in [0, 0.1) is 6.92 Å². The fourth-order valence-corrected chi connectivity index (χ4v) is 5.30. The number of nitrogens with zero attached hydrogens (tertiary/aromatic N) is 5. The second-order valence-electron chi connectivity index (χ2n) is 8.06. The van der Waals surface area contributed by atoms with Gasteiger partial charge in [-0.25, -0.2) is 13.4 Å². The molecular formula is C25H22ClN5O2S. The van der Waals surface area contributed by atoms with Crippen LogP contribution < -0.4 is 4.31 Å². The van der Waals surface area contributed by atoms with Crippen molar-refractivity contribution < 1.29 is 8.42 Å². The number of sulfonamides is 1. The van der Waals surface area contributed by atoms with Gasteiger partial charge < -0.3 is 0 Å². The normalized spacial score (nSPS) is 11.8. The molecule has 0 bridgehead atoms. The van der Waals surface area contributed by atoms with E-state index in [0.717, 1.165) is 33.7 Å². The van der Waals surface area contributed by atoms with Crippen LogP contribution >= 0.6 is 11.6 Å². The van der Waals surface area contributed by atoms with Crippen LogP contribution in [-0.4, -0.2) is 34.6 Å².